The smallest absolute Gasteiger partial charge is 0.253 e. The molecular weight excluding hydrogens is 200 g/mol. The SMILES string of the molecule is CCC(C)NC(=O)c1ccc(Cl)nc1. The summed E-state index contributed by atoms with van der Waals surface area (Å²) in [6.07, 6.45) is 2.38. The first-order valence-electron chi connectivity index (χ1n) is 4.56. The maximum Gasteiger partial charge on any atom is 0.253 e. The van der Waals surface area contributed by atoms with E-state index in [1.54, 1.807) is 12.1 Å². The summed E-state index contributed by atoms with van der Waals surface area (Å²) < 4.78 is 0. The average Bonchev–Trinajstić information content (AvgIpc) is 2.18. The molecule has 76 valence electrons. The number of hydrogen-bond donors (Lipinski definition) is 1. The van der Waals surface area contributed by atoms with Crippen LogP contribution in [0.5, 0.6) is 0 Å². The fourth-order valence-electron chi connectivity index (χ4n) is 0.919. The van der Waals surface area contributed by atoms with Crippen molar-refractivity contribution in [1.82, 2.24) is 10.3 Å². The number of hydrogen-bond acceptors (Lipinski definition) is 2. The van der Waals surface area contributed by atoms with Crippen molar-refractivity contribution in [1.29, 1.82) is 0 Å². The molecule has 1 unspecified atom stereocenters. The van der Waals surface area contributed by atoms with Crippen LogP contribution in [-0.4, -0.2) is 16.9 Å². The van der Waals surface area contributed by atoms with Crippen LogP contribution in [-0.2, 0) is 0 Å². The number of nitrogens with one attached hydrogen (secondary N) is 1. The van der Waals surface area contributed by atoms with Crippen LogP contribution < -0.4 is 5.32 Å². The quantitative estimate of drug-likeness (QED) is 0.781. The molecule has 0 fully saturated rings. The Morgan fingerprint density at radius 1 is 1.64 bits per heavy atom. The molecule has 1 atom stereocenters. The molecule has 1 N–H and O–H groups in total. The third kappa shape index (κ3) is 3.00. The van der Waals surface area contributed by atoms with E-state index < -0.39 is 0 Å². The van der Waals surface area contributed by atoms with E-state index in [1.165, 1.54) is 6.20 Å². The minimum absolute atomic E-state index is 0.108. The summed E-state index contributed by atoms with van der Waals surface area (Å²) >= 11 is 5.61. The molecule has 0 aliphatic rings. The molecule has 0 bridgehead atoms. The predicted molar refractivity (Wildman–Crippen MR) is 56.5 cm³/mol. The summed E-state index contributed by atoms with van der Waals surface area (Å²) in [6, 6.07) is 3.44. The van der Waals surface area contributed by atoms with Gasteiger partial charge in [-0.2, -0.15) is 0 Å². The first-order chi connectivity index (χ1) is 6.63. The second kappa shape index (κ2) is 4.96. The molecule has 0 aliphatic carbocycles. The van der Waals surface area contributed by atoms with Crippen LogP contribution in [0.25, 0.3) is 0 Å². The Kier molecular flexibility index (Phi) is 3.89. The highest BCUT2D eigenvalue weighted by atomic mass is 35.5. The van der Waals surface area contributed by atoms with Crippen molar-refractivity contribution in [2.75, 3.05) is 0 Å². The fraction of sp³-hybridized carbons (Fsp3) is 0.400. The minimum atomic E-state index is -0.108. The van der Waals surface area contributed by atoms with Crippen LogP contribution in [0.3, 0.4) is 0 Å². The molecular formula is C10H13ClN2O. The maximum atomic E-state index is 11.5. The van der Waals surface area contributed by atoms with Gasteiger partial charge in [0.05, 0.1) is 5.56 Å². The van der Waals surface area contributed by atoms with Crippen LogP contribution in [0.2, 0.25) is 5.15 Å². The second-order valence-corrected chi connectivity index (χ2v) is 3.54. The van der Waals surface area contributed by atoms with Crippen molar-refractivity contribution in [2.45, 2.75) is 26.3 Å². The molecule has 4 heteroatoms. The normalized spacial score (nSPS) is 12.2. The number of aromatic nitrogens is 1. The molecule has 0 radical (unpaired) electrons. The van der Waals surface area contributed by atoms with E-state index in [0.29, 0.717) is 10.7 Å². The van der Waals surface area contributed by atoms with Gasteiger partial charge in [-0.15, -0.1) is 0 Å². The third-order valence-electron chi connectivity index (χ3n) is 1.98. The predicted octanol–water partition coefficient (Wildman–Crippen LogP) is 2.26. The Morgan fingerprint density at radius 3 is 2.86 bits per heavy atom. The van der Waals surface area contributed by atoms with Crippen molar-refractivity contribution in [3.8, 4) is 0 Å². The standard InChI is InChI=1S/C10H13ClN2O/c1-3-7(2)13-10(14)8-4-5-9(11)12-6-8/h4-7H,3H2,1-2H3,(H,13,14). The molecule has 0 saturated carbocycles. The van der Waals surface area contributed by atoms with Crippen molar-refractivity contribution < 1.29 is 4.79 Å². The van der Waals surface area contributed by atoms with E-state index in [4.69, 9.17) is 11.6 Å². The first-order valence-corrected chi connectivity index (χ1v) is 4.93. The van der Waals surface area contributed by atoms with E-state index in [0.717, 1.165) is 6.42 Å². The molecule has 1 amide bonds. The maximum absolute atomic E-state index is 11.5. The van der Waals surface area contributed by atoms with Crippen LogP contribution in [0.15, 0.2) is 18.3 Å². The van der Waals surface area contributed by atoms with Gasteiger partial charge in [0.1, 0.15) is 5.15 Å². The van der Waals surface area contributed by atoms with Crippen LogP contribution in [0, 0.1) is 0 Å². The molecule has 0 saturated heterocycles. The lowest BCUT2D eigenvalue weighted by molar-refractivity contribution is 0.0939. The lowest BCUT2D eigenvalue weighted by Crippen LogP contribution is -2.31. The second-order valence-electron chi connectivity index (χ2n) is 3.15. The number of pyridine rings is 1. The minimum Gasteiger partial charge on any atom is -0.350 e. The molecule has 1 aromatic heterocycles. The molecule has 0 spiro atoms. The lowest BCUT2D eigenvalue weighted by Gasteiger charge is -2.10. The lowest BCUT2D eigenvalue weighted by atomic mass is 10.2. The topological polar surface area (TPSA) is 42.0 Å². The highest BCUT2D eigenvalue weighted by Gasteiger charge is 2.07. The zero-order valence-electron chi connectivity index (χ0n) is 8.25. The van der Waals surface area contributed by atoms with E-state index >= 15 is 0 Å². The van der Waals surface area contributed by atoms with Crippen molar-refractivity contribution in [3.63, 3.8) is 0 Å². The molecule has 1 rings (SSSR count). The molecule has 1 heterocycles. The van der Waals surface area contributed by atoms with E-state index in [1.807, 2.05) is 13.8 Å². The summed E-state index contributed by atoms with van der Waals surface area (Å²) in [4.78, 5) is 15.4. The summed E-state index contributed by atoms with van der Waals surface area (Å²) in [5.74, 6) is -0.108. The number of amides is 1. The first kappa shape index (κ1) is 11.0. The zero-order chi connectivity index (χ0) is 10.6. The zero-order valence-corrected chi connectivity index (χ0v) is 9.01. The summed E-state index contributed by atoms with van der Waals surface area (Å²) in [5, 5.41) is 3.24. The Hall–Kier alpha value is -1.09. The summed E-state index contributed by atoms with van der Waals surface area (Å²) in [7, 11) is 0. The molecule has 14 heavy (non-hydrogen) atoms. The summed E-state index contributed by atoms with van der Waals surface area (Å²) in [6.45, 7) is 3.98. The average molecular weight is 213 g/mol. The van der Waals surface area contributed by atoms with Gasteiger partial charge in [-0.3, -0.25) is 4.79 Å². The van der Waals surface area contributed by atoms with Crippen LogP contribution in [0.4, 0.5) is 0 Å². The third-order valence-corrected chi connectivity index (χ3v) is 2.20. The molecule has 3 nitrogen and oxygen atoms in total. The van der Waals surface area contributed by atoms with Gasteiger partial charge in [-0.1, -0.05) is 18.5 Å². The van der Waals surface area contributed by atoms with E-state index in [-0.39, 0.29) is 11.9 Å². The Bertz CT molecular complexity index is 310. The van der Waals surface area contributed by atoms with Crippen molar-refractivity contribution in [2.24, 2.45) is 0 Å². The monoisotopic (exact) mass is 212 g/mol. The molecule has 0 aliphatic heterocycles. The van der Waals surface area contributed by atoms with Gasteiger partial charge in [0, 0.05) is 12.2 Å². The Labute approximate surface area is 88.5 Å². The van der Waals surface area contributed by atoms with Gasteiger partial charge < -0.3 is 5.32 Å². The van der Waals surface area contributed by atoms with Gasteiger partial charge in [0.15, 0.2) is 0 Å². The Balaban J connectivity index is 2.65. The largest absolute Gasteiger partial charge is 0.350 e. The van der Waals surface area contributed by atoms with Gasteiger partial charge in [-0.05, 0) is 25.5 Å². The highest BCUT2D eigenvalue weighted by Crippen LogP contribution is 2.05. The molecule has 1 aromatic rings. The van der Waals surface area contributed by atoms with Crippen LogP contribution in [0.1, 0.15) is 30.6 Å². The van der Waals surface area contributed by atoms with Crippen LogP contribution >= 0.6 is 11.6 Å². The highest BCUT2D eigenvalue weighted by molar-refractivity contribution is 6.29. The van der Waals surface area contributed by atoms with E-state index in [2.05, 4.69) is 10.3 Å². The van der Waals surface area contributed by atoms with Gasteiger partial charge in [-0.25, -0.2) is 4.98 Å². The number of carbonyl (C=O) groups is 1. The summed E-state index contributed by atoms with van der Waals surface area (Å²) in [5.41, 5.74) is 0.537. The number of nitrogens with zero attached hydrogens (tertiary/aromatic N) is 1. The molecule has 0 aromatic carbocycles. The number of rotatable bonds is 3. The van der Waals surface area contributed by atoms with Gasteiger partial charge in [0.25, 0.3) is 5.91 Å². The Morgan fingerprint density at radius 2 is 2.36 bits per heavy atom. The van der Waals surface area contributed by atoms with Gasteiger partial charge in [0.2, 0.25) is 0 Å². The van der Waals surface area contributed by atoms with Crippen molar-refractivity contribution in [3.05, 3.63) is 29.0 Å². The fourth-order valence-corrected chi connectivity index (χ4v) is 1.03. The van der Waals surface area contributed by atoms with Gasteiger partial charge >= 0.3 is 0 Å². The number of carbonyl (C=O) groups excluding carboxylic acids is 1. The number of halogens is 1. The van der Waals surface area contributed by atoms with Crippen molar-refractivity contribution >= 4 is 17.5 Å². The van der Waals surface area contributed by atoms with E-state index in [9.17, 15) is 4.79 Å².